The van der Waals surface area contributed by atoms with Crippen LogP contribution in [0.2, 0.25) is 0 Å². The first-order valence-corrected chi connectivity index (χ1v) is 7.13. The van der Waals surface area contributed by atoms with Crippen molar-refractivity contribution < 1.29 is 13.3 Å². The Hall–Kier alpha value is -1.10. The third-order valence-corrected chi connectivity index (χ3v) is 4.29. The summed E-state index contributed by atoms with van der Waals surface area (Å²) in [7, 11) is 0.797. The fourth-order valence-corrected chi connectivity index (χ4v) is 3.22. The van der Waals surface area contributed by atoms with Crippen LogP contribution in [0.1, 0.15) is 12.8 Å². The number of methoxy groups -OCH3 is 1. The summed E-state index contributed by atoms with van der Waals surface area (Å²) in [6, 6.07) is 5.06. The molecule has 0 aromatic heterocycles. The quantitative estimate of drug-likeness (QED) is 0.901. The van der Waals surface area contributed by atoms with Gasteiger partial charge in [0.05, 0.1) is 7.11 Å². The van der Waals surface area contributed by atoms with Crippen LogP contribution < -0.4 is 10.1 Å². The van der Waals surface area contributed by atoms with Gasteiger partial charge in [-0.15, -0.1) is 0 Å². The number of benzene rings is 1. The van der Waals surface area contributed by atoms with E-state index < -0.39 is 10.8 Å². The highest BCUT2D eigenvalue weighted by Crippen LogP contribution is 2.23. The van der Waals surface area contributed by atoms with Crippen molar-refractivity contribution in [3.8, 4) is 5.75 Å². The molecule has 5 heteroatoms. The zero-order valence-electron chi connectivity index (χ0n) is 9.74. The average molecular weight is 257 g/mol. The van der Waals surface area contributed by atoms with E-state index >= 15 is 0 Å². The molecule has 0 aliphatic carbocycles. The normalized spacial score (nSPS) is 24.4. The number of rotatable bonds is 3. The first-order chi connectivity index (χ1) is 8.19. The molecule has 0 unspecified atom stereocenters. The minimum atomic E-state index is -0.653. The number of nitrogens with one attached hydrogen (secondary N) is 1. The van der Waals surface area contributed by atoms with Gasteiger partial charge in [0.15, 0.2) is 11.6 Å². The van der Waals surface area contributed by atoms with Crippen LogP contribution in [0.5, 0.6) is 5.75 Å². The molecule has 0 saturated carbocycles. The standard InChI is InChI=1S/C12H16FNO2S/c1-16-12-8-10(2-3-11(12)13)14-9-4-6-17(15)7-5-9/h2-3,8-9,14H,4-7H2,1H3. The van der Waals surface area contributed by atoms with Crippen molar-refractivity contribution in [1.82, 2.24) is 0 Å². The minimum Gasteiger partial charge on any atom is -0.494 e. The molecule has 1 aliphatic rings. The molecular formula is C12H16FNO2S. The van der Waals surface area contributed by atoms with Crippen molar-refractivity contribution in [3.63, 3.8) is 0 Å². The zero-order valence-corrected chi connectivity index (χ0v) is 10.6. The van der Waals surface area contributed by atoms with Crippen molar-refractivity contribution in [1.29, 1.82) is 0 Å². The molecule has 94 valence electrons. The lowest BCUT2D eigenvalue weighted by Crippen LogP contribution is -2.29. The Morgan fingerprint density at radius 2 is 2.12 bits per heavy atom. The molecule has 1 N–H and O–H groups in total. The molecule has 1 aliphatic heterocycles. The van der Waals surface area contributed by atoms with E-state index in [1.807, 2.05) is 0 Å². The Labute approximate surface area is 103 Å². The Bertz CT molecular complexity index is 415. The van der Waals surface area contributed by atoms with Gasteiger partial charge in [0.1, 0.15) is 0 Å². The van der Waals surface area contributed by atoms with Gasteiger partial charge in [0, 0.05) is 40.1 Å². The molecule has 3 nitrogen and oxygen atoms in total. The number of hydrogen-bond acceptors (Lipinski definition) is 3. The molecule has 1 saturated heterocycles. The SMILES string of the molecule is COc1cc(NC2CCS(=O)CC2)ccc1F. The topological polar surface area (TPSA) is 38.3 Å². The monoisotopic (exact) mass is 257 g/mol. The maximum atomic E-state index is 13.2. The number of hydrogen-bond donors (Lipinski definition) is 1. The second-order valence-corrected chi connectivity index (χ2v) is 5.81. The van der Waals surface area contributed by atoms with Gasteiger partial charge in [-0.1, -0.05) is 0 Å². The Balaban J connectivity index is 2.01. The van der Waals surface area contributed by atoms with Crippen LogP contribution in [0.25, 0.3) is 0 Å². The van der Waals surface area contributed by atoms with Crippen molar-refractivity contribution in [2.24, 2.45) is 0 Å². The van der Waals surface area contributed by atoms with Gasteiger partial charge in [0.25, 0.3) is 0 Å². The van der Waals surface area contributed by atoms with E-state index in [9.17, 15) is 8.60 Å². The second kappa shape index (κ2) is 5.49. The summed E-state index contributed by atoms with van der Waals surface area (Å²) in [6.07, 6.45) is 1.79. The van der Waals surface area contributed by atoms with E-state index in [4.69, 9.17) is 4.74 Å². The predicted molar refractivity (Wildman–Crippen MR) is 67.5 cm³/mol. The Morgan fingerprint density at radius 1 is 1.41 bits per heavy atom. The lowest BCUT2D eigenvalue weighted by Gasteiger charge is -2.23. The fraction of sp³-hybridized carbons (Fsp3) is 0.500. The Morgan fingerprint density at radius 3 is 2.76 bits per heavy atom. The van der Waals surface area contributed by atoms with Crippen LogP contribution in [0.3, 0.4) is 0 Å². The Kier molecular flexibility index (Phi) is 3.99. The number of halogens is 1. The third-order valence-electron chi connectivity index (χ3n) is 2.91. The smallest absolute Gasteiger partial charge is 0.165 e. The molecule has 1 fully saturated rings. The van der Waals surface area contributed by atoms with Crippen LogP contribution in [0, 0.1) is 5.82 Å². The first kappa shape index (κ1) is 12.4. The van der Waals surface area contributed by atoms with Crippen molar-refractivity contribution in [3.05, 3.63) is 24.0 Å². The molecule has 0 bridgehead atoms. The average Bonchev–Trinajstić information content (AvgIpc) is 2.34. The van der Waals surface area contributed by atoms with Gasteiger partial charge in [-0.2, -0.15) is 0 Å². The molecule has 1 heterocycles. The van der Waals surface area contributed by atoms with Gasteiger partial charge < -0.3 is 10.1 Å². The summed E-state index contributed by atoms with van der Waals surface area (Å²) in [5.74, 6) is 1.38. The molecule has 1 aromatic carbocycles. The van der Waals surface area contributed by atoms with Crippen LogP contribution in [-0.2, 0) is 10.8 Å². The number of ether oxygens (including phenoxy) is 1. The molecule has 0 atom stereocenters. The third kappa shape index (κ3) is 3.19. The van der Waals surface area contributed by atoms with Crippen LogP contribution >= 0.6 is 0 Å². The van der Waals surface area contributed by atoms with Gasteiger partial charge in [0.2, 0.25) is 0 Å². The van der Waals surface area contributed by atoms with Crippen LogP contribution in [-0.4, -0.2) is 28.9 Å². The lowest BCUT2D eigenvalue weighted by molar-refractivity contribution is 0.386. The van der Waals surface area contributed by atoms with Crippen LogP contribution in [0.4, 0.5) is 10.1 Å². The first-order valence-electron chi connectivity index (χ1n) is 5.64. The van der Waals surface area contributed by atoms with Crippen molar-refractivity contribution in [2.75, 3.05) is 23.9 Å². The van der Waals surface area contributed by atoms with E-state index in [0.29, 0.717) is 6.04 Å². The molecule has 0 radical (unpaired) electrons. The molecule has 17 heavy (non-hydrogen) atoms. The highest BCUT2D eigenvalue weighted by molar-refractivity contribution is 7.85. The van der Waals surface area contributed by atoms with Gasteiger partial charge >= 0.3 is 0 Å². The van der Waals surface area contributed by atoms with Crippen molar-refractivity contribution >= 4 is 16.5 Å². The van der Waals surface area contributed by atoms with Gasteiger partial charge in [-0.3, -0.25) is 4.21 Å². The molecular weight excluding hydrogens is 241 g/mol. The molecule has 0 spiro atoms. The highest BCUT2D eigenvalue weighted by Gasteiger charge is 2.17. The maximum absolute atomic E-state index is 13.2. The molecule has 2 rings (SSSR count). The molecule has 0 amide bonds. The predicted octanol–water partition coefficient (Wildman–Crippen LogP) is 2.16. The second-order valence-electron chi connectivity index (χ2n) is 4.12. The summed E-state index contributed by atoms with van der Waals surface area (Å²) in [5.41, 5.74) is 0.848. The zero-order chi connectivity index (χ0) is 12.3. The maximum Gasteiger partial charge on any atom is 0.165 e. The summed E-state index contributed by atoms with van der Waals surface area (Å²) in [6.45, 7) is 0. The minimum absolute atomic E-state index is 0.245. The van der Waals surface area contributed by atoms with Crippen LogP contribution in [0.15, 0.2) is 18.2 Å². The van der Waals surface area contributed by atoms with Gasteiger partial charge in [-0.25, -0.2) is 4.39 Å². The summed E-state index contributed by atoms with van der Waals surface area (Å²) in [4.78, 5) is 0. The van der Waals surface area contributed by atoms with E-state index in [1.54, 1.807) is 12.1 Å². The highest BCUT2D eigenvalue weighted by atomic mass is 32.2. The summed E-state index contributed by atoms with van der Waals surface area (Å²) < 4.78 is 29.4. The summed E-state index contributed by atoms with van der Waals surface area (Å²) >= 11 is 0. The summed E-state index contributed by atoms with van der Waals surface area (Å²) in [5, 5.41) is 3.32. The lowest BCUT2D eigenvalue weighted by atomic mass is 10.1. The van der Waals surface area contributed by atoms with E-state index in [1.165, 1.54) is 13.2 Å². The van der Waals surface area contributed by atoms with E-state index in [-0.39, 0.29) is 11.6 Å². The van der Waals surface area contributed by atoms with E-state index in [0.717, 1.165) is 30.0 Å². The largest absolute Gasteiger partial charge is 0.494 e. The van der Waals surface area contributed by atoms with Crippen molar-refractivity contribution in [2.45, 2.75) is 18.9 Å². The van der Waals surface area contributed by atoms with Gasteiger partial charge in [-0.05, 0) is 25.0 Å². The molecule has 1 aromatic rings. The number of anilines is 1. The fourth-order valence-electron chi connectivity index (χ4n) is 1.92. The van der Waals surface area contributed by atoms with E-state index in [2.05, 4.69) is 5.32 Å².